The number of hydrogen-bond donors (Lipinski definition) is 2. The number of hydrogen-bond acceptors (Lipinski definition) is 5. The second kappa shape index (κ2) is 6.69. The maximum atomic E-state index is 12.3. The minimum absolute atomic E-state index is 0.0377. The van der Waals surface area contributed by atoms with E-state index < -0.39 is 0 Å². The van der Waals surface area contributed by atoms with Crippen LogP contribution in [0.1, 0.15) is 16.8 Å². The molecule has 1 aliphatic rings. The zero-order chi connectivity index (χ0) is 19.8. The molecule has 1 amide bonds. The number of benzene rings is 3. The molecule has 3 aromatic carbocycles. The zero-order valence-corrected chi connectivity index (χ0v) is 15.2. The predicted octanol–water partition coefficient (Wildman–Crippen LogP) is 3.29. The summed E-state index contributed by atoms with van der Waals surface area (Å²) >= 11 is 0. The maximum Gasteiger partial charge on any atom is 0.246 e. The summed E-state index contributed by atoms with van der Waals surface area (Å²) in [6.45, 7) is 0.0377. The van der Waals surface area contributed by atoms with E-state index in [4.69, 9.17) is 0 Å². The molecular formula is C22H14N6O. The molecule has 5 rings (SSSR count). The third-order valence-corrected chi connectivity index (χ3v) is 4.90. The molecule has 1 aromatic heterocycles. The Morgan fingerprint density at radius 1 is 1.00 bits per heavy atom. The molecule has 0 bridgehead atoms. The molecule has 0 aliphatic carbocycles. The Morgan fingerprint density at radius 3 is 2.76 bits per heavy atom. The number of nitrogens with zero attached hydrogens (tertiary/aromatic N) is 4. The number of aromatic amines is 1. The number of H-pyrrole nitrogens is 1. The topological polar surface area (TPSA) is 107 Å². The molecule has 0 saturated heterocycles. The van der Waals surface area contributed by atoms with Gasteiger partial charge in [-0.1, -0.05) is 59.8 Å². The average molecular weight is 378 g/mol. The first-order valence-electron chi connectivity index (χ1n) is 9.03. The third-order valence-electron chi connectivity index (χ3n) is 4.90. The molecule has 138 valence electrons. The van der Waals surface area contributed by atoms with Gasteiger partial charge >= 0.3 is 0 Å². The van der Waals surface area contributed by atoms with E-state index in [1.807, 2.05) is 60.7 Å². The molecule has 0 atom stereocenters. The highest BCUT2D eigenvalue weighted by Gasteiger charge is 2.21. The fraction of sp³-hybridized carbons (Fsp3) is 0.0455. The predicted molar refractivity (Wildman–Crippen MR) is 110 cm³/mol. The molecule has 2 N–H and O–H groups in total. The second-order valence-corrected chi connectivity index (χ2v) is 6.65. The molecule has 0 radical (unpaired) electrons. The summed E-state index contributed by atoms with van der Waals surface area (Å²) in [5, 5.41) is 24.6. The number of nitriles is 1. The summed E-state index contributed by atoms with van der Waals surface area (Å²) in [5.74, 6) is -0.156. The molecule has 0 spiro atoms. The van der Waals surface area contributed by atoms with E-state index in [-0.39, 0.29) is 12.5 Å². The van der Waals surface area contributed by atoms with E-state index in [9.17, 15) is 10.1 Å². The Kier molecular flexibility index (Phi) is 3.88. The Morgan fingerprint density at radius 2 is 1.86 bits per heavy atom. The van der Waals surface area contributed by atoms with E-state index in [2.05, 4.69) is 31.8 Å². The van der Waals surface area contributed by atoms with Crippen molar-refractivity contribution in [2.24, 2.45) is 4.99 Å². The first-order chi connectivity index (χ1) is 14.2. The summed E-state index contributed by atoms with van der Waals surface area (Å²) in [5.41, 5.74) is 4.70. The van der Waals surface area contributed by atoms with Gasteiger partial charge in [0.25, 0.3) is 0 Å². The quantitative estimate of drug-likeness (QED) is 0.558. The molecule has 7 nitrogen and oxygen atoms in total. The molecule has 29 heavy (non-hydrogen) atoms. The number of anilines is 1. The Bertz CT molecular complexity index is 1340. The van der Waals surface area contributed by atoms with Crippen LogP contribution in [0.2, 0.25) is 0 Å². The van der Waals surface area contributed by atoms with Crippen molar-refractivity contribution in [1.29, 1.82) is 5.26 Å². The molecule has 7 heteroatoms. The normalized spacial score (nSPS) is 13.2. The van der Waals surface area contributed by atoms with Crippen LogP contribution in [-0.2, 0) is 4.79 Å². The van der Waals surface area contributed by atoms with Crippen molar-refractivity contribution in [2.75, 3.05) is 11.9 Å². The van der Waals surface area contributed by atoms with Gasteiger partial charge in [-0.05, 0) is 11.5 Å². The smallest absolute Gasteiger partial charge is 0.246 e. The number of amides is 1. The highest BCUT2D eigenvalue weighted by atomic mass is 16.1. The van der Waals surface area contributed by atoms with Crippen LogP contribution in [0.25, 0.3) is 22.0 Å². The van der Waals surface area contributed by atoms with Crippen LogP contribution < -0.4 is 5.32 Å². The maximum absolute atomic E-state index is 12.3. The van der Waals surface area contributed by atoms with Crippen LogP contribution in [0.15, 0.2) is 65.7 Å². The zero-order valence-electron chi connectivity index (χ0n) is 15.2. The van der Waals surface area contributed by atoms with Gasteiger partial charge in [0.2, 0.25) is 5.91 Å². The van der Waals surface area contributed by atoms with Gasteiger partial charge < -0.3 is 5.32 Å². The summed E-state index contributed by atoms with van der Waals surface area (Å²) < 4.78 is 0. The van der Waals surface area contributed by atoms with Gasteiger partial charge in [-0.15, -0.1) is 5.10 Å². The van der Waals surface area contributed by atoms with Crippen molar-refractivity contribution in [1.82, 2.24) is 15.4 Å². The standard InChI is InChI=1S/C22H14N6O/c23-11-18-21(27-28-26-18)15-6-3-5-14(10-15)20-17-9-8-13-4-1-2-7-16(13)22(17)25-19(29)12-24-20/h1-10H,12H2,(H,25,29)(H,26,27,28). The van der Waals surface area contributed by atoms with Gasteiger partial charge in [-0.2, -0.15) is 5.26 Å². The molecule has 0 unspecified atom stereocenters. The SMILES string of the molecule is N#Cc1[nH]nnc1-c1cccc(C2=NCC(=O)Nc3c2ccc2ccccc32)c1. The van der Waals surface area contributed by atoms with Crippen LogP contribution in [0.5, 0.6) is 0 Å². The monoisotopic (exact) mass is 378 g/mol. The lowest BCUT2D eigenvalue weighted by Gasteiger charge is -2.13. The second-order valence-electron chi connectivity index (χ2n) is 6.65. The van der Waals surface area contributed by atoms with E-state index in [0.717, 1.165) is 33.2 Å². The number of carbonyl (C=O) groups excluding carboxylic acids is 1. The van der Waals surface area contributed by atoms with Crippen LogP contribution >= 0.6 is 0 Å². The lowest BCUT2D eigenvalue weighted by Crippen LogP contribution is -2.13. The number of fused-ring (bicyclic) bond motifs is 3. The van der Waals surface area contributed by atoms with Gasteiger partial charge in [0.1, 0.15) is 18.3 Å². The van der Waals surface area contributed by atoms with Crippen LogP contribution in [-0.4, -0.2) is 33.6 Å². The van der Waals surface area contributed by atoms with Crippen molar-refractivity contribution < 1.29 is 4.79 Å². The molecule has 4 aromatic rings. The van der Waals surface area contributed by atoms with Crippen molar-refractivity contribution in [3.05, 3.63) is 77.5 Å². The molecule has 1 aliphatic heterocycles. The van der Waals surface area contributed by atoms with Crippen molar-refractivity contribution in [2.45, 2.75) is 0 Å². The van der Waals surface area contributed by atoms with Crippen molar-refractivity contribution in [3.63, 3.8) is 0 Å². The Balaban J connectivity index is 1.70. The van der Waals surface area contributed by atoms with Crippen molar-refractivity contribution >= 4 is 28.1 Å². The largest absolute Gasteiger partial charge is 0.323 e. The first kappa shape index (κ1) is 16.8. The summed E-state index contributed by atoms with van der Waals surface area (Å²) in [6.07, 6.45) is 0. The van der Waals surface area contributed by atoms with Gasteiger partial charge in [-0.3, -0.25) is 9.79 Å². The lowest BCUT2D eigenvalue weighted by molar-refractivity contribution is -0.114. The average Bonchev–Trinajstić information content (AvgIpc) is 3.17. The highest BCUT2D eigenvalue weighted by Crippen LogP contribution is 2.32. The van der Waals surface area contributed by atoms with Crippen LogP contribution in [0.4, 0.5) is 5.69 Å². The van der Waals surface area contributed by atoms with Gasteiger partial charge in [0.15, 0.2) is 5.69 Å². The van der Waals surface area contributed by atoms with Crippen LogP contribution in [0.3, 0.4) is 0 Å². The summed E-state index contributed by atoms with van der Waals surface area (Å²) in [7, 11) is 0. The van der Waals surface area contributed by atoms with Crippen molar-refractivity contribution in [3.8, 4) is 17.3 Å². The minimum atomic E-state index is -0.156. The molecule has 2 heterocycles. The van der Waals surface area contributed by atoms with E-state index >= 15 is 0 Å². The number of nitrogens with one attached hydrogen (secondary N) is 2. The highest BCUT2D eigenvalue weighted by molar-refractivity contribution is 6.23. The van der Waals surface area contributed by atoms with E-state index in [0.29, 0.717) is 17.1 Å². The molecular weight excluding hydrogens is 364 g/mol. The minimum Gasteiger partial charge on any atom is -0.323 e. The van der Waals surface area contributed by atoms with Gasteiger partial charge in [0.05, 0.1) is 11.4 Å². The number of aromatic nitrogens is 3. The number of carbonyl (C=O) groups is 1. The lowest BCUT2D eigenvalue weighted by atomic mass is 9.95. The number of aliphatic imine (C=N–C) groups is 1. The number of rotatable bonds is 2. The van der Waals surface area contributed by atoms with Gasteiger partial charge in [-0.25, -0.2) is 5.10 Å². The summed E-state index contributed by atoms with van der Waals surface area (Å²) in [4.78, 5) is 16.9. The third kappa shape index (κ3) is 2.84. The molecule has 0 saturated carbocycles. The van der Waals surface area contributed by atoms with E-state index in [1.165, 1.54) is 0 Å². The molecule has 0 fully saturated rings. The van der Waals surface area contributed by atoms with Gasteiger partial charge in [0, 0.05) is 22.1 Å². The fourth-order valence-corrected chi connectivity index (χ4v) is 3.59. The fourth-order valence-electron chi connectivity index (χ4n) is 3.59. The first-order valence-corrected chi connectivity index (χ1v) is 9.03. The van der Waals surface area contributed by atoms with E-state index in [1.54, 1.807) is 0 Å². The van der Waals surface area contributed by atoms with Crippen LogP contribution in [0, 0.1) is 11.3 Å². The summed E-state index contributed by atoms with van der Waals surface area (Å²) in [6, 6.07) is 21.6. The Labute approximate surface area is 165 Å². The Hall–Kier alpha value is -4.31.